The number of nitrogens with zero attached hydrogens (tertiary/aromatic N) is 4. The second-order valence-electron chi connectivity index (χ2n) is 6.68. The minimum atomic E-state index is -0.376. The summed E-state index contributed by atoms with van der Waals surface area (Å²) in [6, 6.07) is 6.60. The molecule has 1 aromatic heterocycles. The van der Waals surface area contributed by atoms with Gasteiger partial charge in [-0.3, -0.25) is 10.1 Å². The summed E-state index contributed by atoms with van der Waals surface area (Å²) < 4.78 is 1.91. The van der Waals surface area contributed by atoms with E-state index in [1.165, 1.54) is 36.2 Å². The van der Waals surface area contributed by atoms with Gasteiger partial charge < -0.3 is 10.2 Å². The minimum absolute atomic E-state index is 0.102. The van der Waals surface area contributed by atoms with Crippen molar-refractivity contribution in [2.45, 2.75) is 25.2 Å². The largest absolute Gasteiger partial charge is 0.369 e. The maximum Gasteiger partial charge on any atom is 0.269 e. The van der Waals surface area contributed by atoms with Gasteiger partial charge in [-0.2, -0.15) is 5.10 Å². The third-order valence-electron chi connectivity index (χ3n) is 5.00. The number of piperidine rings is 1. The lowest BCUT2D eigenvalue weighted by molar-refractivity contribution is -0.384. The van der Waals surface area contributed by atoms with Gasteiger partial charge in [0.2, 0.25) is 0 Å². The topological polar surface area (TPSA) is 76.2 Å². The zero-order chi connectivity index (χ0) is 16.7. The van der Waals surface area contributed by atoms with Crippen LogP contribution >= 0.6 is 0 Å². The van der Waals surface area contributed by atoms with Crippen LogP contribution in [0.5, 0.6) is 0 Å². The average molecular weight is 327 g/mol. The highest BCUT2D eigenvalue weighted by molar-refractivity contribution is 5.58. The first-order valence-corrected chi connectivity index (χ1v) is 8.42. The molecular weight excluding hydrogens is 306 g/mol. The Kier molecular flexibility index (Phi) is 3.72. The van der Waals surface area contributed by atoms with Crippen LogP contribution in [0.2, 0.25) is 0 Å². The molecule has 7 heteroatoms. The SMILES string of the molecule is CN1CCCC(c2nn(-c3ccc([N+](=O)[O-])cc3)c3c2CCN3)C1. The molecule has 1 fully saturated rings. The number of aromatic nitrogens is 2. The monoisotopic (exact) mass is 327 g/mol. The zero-order valence-electron chi connectivity index (χ0n) is 13.7. The van der Waals surface area contributed by atoms with Gasteiger partial charge in [0.05, 0.1) is 16.3 Å². The minimum Gasteiger partial charge on any atom is -0.369 e. The van der Waals surface area contributed by atoms with Crippen LogP contribution < -0.4 is 5.32 Å². The molecule has 4 rings (SSSR count). The van der Waals surface area contributed by atoms with Crippen molar-refractivity contribution < 1.29 is 4.92 Å². The molecule has 2 aromatic rings. The molecule has 0 aliphatic carbocycles. The van der Waals surface area contributed by atoms with Gasteiger partial charge in [-0.05, 0) is 45.0 Å². The van der Waals surface area contributed by atoms with Crippen molar-refractivity contribution >= 4 is 11.5 Å². The van der Waals surface area contributed by atoms with Crippen LogP contribution in [0.1, 0.15) is 30.0 Å². The van der Waals surface area contributed by atoms with Crippen LogP contribution in [0, 0.1) is 10.1 Å². The Labute approximate surface area is 140 Å². The summed E-state index contributed by atoms with van der Waals surface area (Å²) in [6.07, 6.45) is 3.37. The highest BCUT2D eigenvalue weighted by Gasteiger charge is 2.30. The molecule has 1 aromatic carbocycles. The Hall–Kier alpha value is -2.41. The van der Waals surface area contributed by atoms with Crippen molar-refractivity contribution in [2.75, 3.05) is 32.0 Å². The van der Waals surface area contributed by atoms with E-state index in [9.17, 15) is 10.1 Å². The molecule has 2 aliphatic rings. The number of benzene rings is 1. The van der Waals surface area contributed by atoms with Crippen molar-refractivity contribution in [2.24, 2.45) is 0 Å². The fourth-order valence-electron chi connectivity index (χ4n) is 3.82. The van der Waals surface area contributed by atoms with Gasteiger partial charge in [-0.1, -0.05) is 0 Å². The first-order chi connectivity index (χ1) is 11.6. The standard InChI is InChI=1S/C17H21N5O2/c1-20-10-2-3-12(11-20)16-15-8-9-18-17(15)21(19-16)13-4-6-14(7-5-13)22(23)24/h4-7,12,18H,2-3,8-11H2,1H3. The number of anilines is 1. The predicted molar refractivity (Wildman–Crippen MR) is 91.9 cm³/mol. The Morgan fingerprint density at radius 1 is 1.33 bits per heavy atom. The number of hydrogen-bond acceptors (Lipinski definition) is 5. The zero-order valence-corrected chi connectivity index (χ0v) is 13.7. The quantitative estimate of drug-likeness (QED) is 0.692. The van der Waals surface area contributed by atoms with Crippen LogP contribution in [0.15, 0.2) is 24.3 Å². The van der Waals surface area contributed by atoms with Gasteiger partial charge >= 0.3 is 0 Å². The number of fused-ring (bicyclic) bond motifs is 1. The smallest absolute Gasteiger partial charge is 0.269 e. The van der Waals surface area contributed by atoms with Crippen molar-refractivity contribution in [3.05, 3.63) is 45.6 Å². The lowest BCUT2D eigenvalue weighted by Crippen LogP contribution is -2.31. The average Bonchev–Trinajstić information content (AvgIpc) is 3.17. The van der Waals surface area contributed by atoms with E-state index in [0.29, 0.717) is 5.92 Å². The van der Waals surface area contributed by atoms with E-state index in [-0.39, 0.29) is 10.6 Å². The Morgan fingerprint density at radius 2 is 2.12 bits per heavy atom. The maximum absolute atomic E-state index is 10.8. The third kappa shape index (κ3) is 2.54. The molecule has 0 spiro atoms. The van der Waals surface area contributed by atoms with Crippen molar-refractivity contribution in [3.63, 3.8) is 0 Å². The van der Waals surface area contributed by atoms with Gasteiger partial charge in [0.1, 0.15) is 5.82 Å². The van der Waals surface area contributed by atoms with E-state index in [1.54, 1.807) is 12.1 Å². The fourth-order valence-corrected chi connectivity index (χ4v) is 3.82. The fraction of sp³-hybridized carbons (Fsp3) is 0.471. The molecular formula is C17H21N5O2. The summed E-state index contributed by atoms with van der Waals surface area (Å²) in [5, 5.41) is 19.2. The Morgan fingerprint density at radius 3 is 2.83 bits per heavy atom. The lowest BCUT2D eigenvalue weighted by Gasteiger charge is -2.29. The maximum atomic E-state index is 10.8. The van der Waals surface area contributed by atoms with E-state index < -0.39 is 0 Å². The van der Waals surface area contributed by atoms with Gasteiger partial charge in [0.15, 0.2) is 0 Å². The Bertz CT molecular complexity index is 768. The number of nitrogens with one attached hydrogen (secondary N) is 1. The molecule has 0 radical (unpaired) electrons. The first kappa shape index (κ1) is 15.1. The van der Waals surface area contributed by atoms with E-state index in [0.717, 1.165) is 37.6 Å². The number of likely N-dealkylation sites (tertiary alicyclic amines) is 1. The van der Waals surface area contributed by atoms with Crippen LogP contribution in [0.25, 0.3) is 5.69 Å². The van der Waals surface area contributed by atoms with Gasteiger partial charge in [-0.25, -0.2) is 4.68 Å². The van der Waals surface area contributed by atoms with Gasteiger partial charge in [0.25, 0.3) is 5.69 Å². The second kappa shape index (κ2) is 5.90. The van der Waals surface area contributed by atoms with Crippen LogP contribution in [0.4, 0.5) is 11.5 Å². The summed E-state index contributed by atoms with van der Waals surface area (Å²) >= 11 is 0. The van der Waals surface area contributed by atoms with Gasteiger partial charge in [0, 0.05) is 36.7 Å². The highest BCUT2D eigenvalue weighted by atomic mass is 16.6. The summed E-state index contributed by atoms with van der Waals surface area (Å²) in [6.45, 7) is 3.12. The highest BCUT2D eigenvalue weighted by Crippen LogP contribution is 2.36. The predicted octanol–water partition coefficient (Wildman–Crippen LogP) is 2.56. The molecule has 3 heterocycles. The number of non-ortho nitro benzene ring substituents is 1. The molecule has 0 amide bonds. The molecule has 1 saturated heterocycles. The summed E-state index contributed by atoms with van der Waals surface area (Å²) in [5.74, 6) is 1.52. The van der Waals surface area contributed by atoms with Crippen LogP contribution in [-0.4, -0.2) is 46.3 Å². The van der Waals surface area contributed by atoms with Crippen LogP contribution in [0.3, 0.4) is 0 Å². The van der Waals surface area contributed by atoms with Crippen molar-refractivity contribution in [1.82, 2.24) is 14.7 Å². The molecule has 1 N–H and O–H groups in total. The molecule has 1 unspecified atom stereocenters. The molecule has 0 saturated carbocycles. The molecule has 126 valence electrons. The number of likely N-dealkylation sites (N-methyl/N-ethyl adjacent to an activating group) is 1. The summed E-state index contributed by atoms with van der Waals surface area (Å²) in [4.78, 5) is 12.8. The number of rotatable bonds is 3. The number of nitro benzene ring substituents is 1. The Balaban J connectivity index is 1.71. The van der Waals surface area contributed by atoms with E-state index in [2.05, 4.69) is 17.3 Å². The third-order valence-corrected chi connectivity index (χ3v) is 5.00. The van der Waals surface area contributed by atoms with E-state index in [1.807, 2.05) is 4.68 Å². The molecule has 2 aliphatic heterocycles. The van der Waals surface area contributed by atoms with E-state index >= 15 is 0 Å². The molecule has 24 heavy (non-hydrogen) atoms. The van der Waals surface area contributed by atoms with Crippen molar-refractivity contribution in [1.29, 1.82) is 0 Å². The summed E-state index contributed by atoms with van der Waals surface area (Å²) in [7, 11) is 2.16. The number of nitro groups is 1. The van der Waals surface area contributed by atoms with Gasteiger partial charge in [-0.15, -0.1) is 0 Å². The number of hydrogen-bond donors (Lipinski definition) is 1. The van der Waals surface area contributed by atoms with Crippen LogP contribution in [-0.2, 0) is 6.42 Å². The lowest BCUT2D eigenvalue weighted by atomic mass is 9.92. The first-order valence-electron chi connectivity index (χ1n) is 8.42. The summed E-state index contributed by atoms with van der Waals surface area (Å²) in [5.41, 5.74) is 3.47. The molecule has 0 bridgehead atoms. The van der Waals surface area contributed by atoms with E-state index in [4.69, 9.17) is 5.10 Å². The normalized spacial score (nSPS) is 20.6. The van der Waals surface area contributed by atoms with Crippen molar-refractivity contribution in [3.8, 4) is 5.69 Å². The molecule has 1 atom stereocenters. The molecule has 7 nitrogen and oxygen atoms in total. The second-order valence-corrected chi connectivity index (χ2v) is 6.68.